The van der Waals surface area contributed by atoms with Gasteiger partial charge in [0.05, 0.1) is 22.9 Å². The van der Waals surface area contributed by atoms with Gasteiger partial charge in [0.1, 0.15) is 11.6 Å². The van der Waals surface area contributed by atoms with Crippen LogP contribution in [-0.4, -0.2) is 11.9 Å². The molecule has 1 unspecified atom stereocenters. The molecule has 0 spiro atoms. The smallest absolute Gasteiger partial charge is 0.327 e. The maximum atomic E-state index is 14.3. The van der Waals surface area contributed by atoms with Gasteiger partial charge in [-0.1, -0.05) is 18.2 Å². The molecule has 5 nitrogen and oxygen atoms in total. The molecule has 0 fully saturated rings. The highest BCUT2D eigenvalue weighted by Gasteiger charge is 2.36. The van der Waals surface area contributed by atoms with Crippen molar-refractivity contribution in [3.05, 3.63) is 76.5 Å². The van der Waals surface area contributed by atoms with Gasteiger partial charge >= 0.3 is 12.2 Å². The molecule has 0 radical (unpaired) electrons. The SMILES string of the molecule is CC1=C(C(=O)Nc2ccccc2C(F)(F)F)C(c2ccc(F)cc2F)NC(=O)N1. The first-order valence-electron chi connectivity index (χ1n) is 8.28. The monoisotopic (exact) mass is 411 g/mol. The topological polar surface area (TPSA) is 70.2 Å². The number of hydrogen-bond acceptors (Lipinski definition) is 2. The van der Waals surface area contributed by atoms with Crippen LogP contribution in [0.2, 0.25) is 0 Å². The number of nitrogens with one attached hydrogen (secondary N) is 3. The molecule has 1 aliphatic heterocycles. The first-order chi connectivity index (χ1) is 13.6. The molecule has 3 rings (SSSR count). The van der Waals surface area contributed by atoms with Crippen molar-refractivity contribution < 1.29 is 31.5 Å². The minimum Gasteiger partial charge on any atom is -0.327 e. The minimum atomic E-state index is -4.71. The molecule has 0 saturated heterocycles. The Morgan fingerprint density at radius 2 is 1.79 bits per heavy atom. The van der Waals surface area contributed by atoms with E-state index in [1.807, 2.05) is 0 Å². The summed E-state index contributed by atoms with van der Waals surface area (Å²) >= 11 is 0. The molecule has 1 atom stereocenters. The Kier molecular flexibility index (Phi) is 5.27. The van der Waals surface area contributed by atoms with E-state index < -0.39 is 47.0 Å². The van der Waals surface area contributed by atoms with E-state index in [1.165, 1.54) is 19.1 Å². The summed E-state index contributed by atoms with van der Waals surface area (Å²) in [5, 5.41) is 6.81. The molecule has 1 heterocycles. The number of anilines is 1. The standard InChI is InChI=1S/C19H14F5N3O2/c1-9-15(17(28)26-14-5-3-2-4-12(14)19(22,23)24)16(27-18(29)25-9)11-7-6-10(20)8-13(11)21/h2-8,16H,1H3,(H,26,28)(H2,25,27,29). The van der Waals surface area contributed by atoms with E-state index in [-0.39, 0.29) is 16.8 Å². The quantitative estimate of drug-likeness (QED) is 0.661. The summed E-state index contributed by atoms with van der Waals surface area (Å²) in [5.74, 6) is -2.87. The predicted octanol–water partition coefficient (Wildman–Crippen LogP) is 4.25. The molecule has 0 aromatic heterocycles. The molecule has 2 aromatic rings. The molecule has 2 aromatic carbocycles. The molecule has 10 heteroatoms. The Balaban J connectivity index is 2.01. The van der Waals surface area contributed by atoms with Crippen LogP contribution in [0.4, 0.5) is 32.4 Å². The Labute approximate surface area is 161 Å². The van der Waals surface area contributed by atoms with Crippen LogP contribution in [0, 0.1) is 11.6 Å². The van der Waals surface area contributed by atoms with Gasteiger partial charge in [0.25, 0.3) is 5.91 Å². The van der Waals surface area contributed by atoms with Crippen LogP contribution in [0.25, 0.3) is 0 Å². The maximum absolute atomic E-state index is 14.3. The van der Waals surface area contributed by atoms with Gasteiger partial charge in [0.2, 0.25) is 0 Å². The third-order valence-electron chi connectivity index (χ3n) is 4.27. The summed E-state index contributed by atoms with van der Waals surface area (Å²) in [6.07, 6.45) is -4.71. The van der Waals surface area contributed by atoms with Gasteiger partial charge in [-0.2, -0.15) is 13.2 Å². The molecule has 0 aliphatic carbocycles. The van der Waals surface area contributed by atoms with Gasteiger partial charge < -0.3 is 16.0 Å². The number of allylic oxidation sites excluding steroid dienone is 1. The number of carbonyl (C=O) groups is 2. The second kappa shape index (κ2) is 7.53. The summed E-state index contributed by atoms with van der Waals surface area (Å²) in [6, 6.07) is 4.83. The number of para-hydroxylation sites is 1. The second-order valence-corrected chi connectivity index (χ2v) is 6.23. The zero-order valence-electron chi connectivity index (χ0n) is 14.8. The molecule has 152 valence electrons. The second-order valence-electron chi connectivity index (χ2n) is 6.23. The van der Waals surface area contributed by atoms with Crippen LogP contribution in [0.5, 0.6) is 0 Å². The molecule has 3 amide bonds. The number of halogens is 5. The van der Waals surface area contributed by atoms with Crippen LogP contribution >= 0.6 is 0 Å². The van der Waals surface area contributed by atoms with Gasteiger partial charge in [0, 0.05) is 17.3 Å². The highest BCUT2D eigenvalue weighted by atomic mass is 19.4. The number of alkyl halides is 3. The molecule has 3 N–H and O–H groups in total. The van der Waals surface area contributed by atoms with Gasteiger partial charge in [0.15, 0.2) is 0 Å². The van der Waals surface area contributed by atoms with E-state index >= 15 is 0 Å². The highest BCUT2D eigenvalue weighted by Crippen LogP contribution is 2.36. The van der Waals surface area contributed by atoms with Crippen LogP contribution in [0.3, 0.4) is 0 Å². The van der Waals surface area contributed by atoms with E-state index in [1.54, 1.807) is 0 Å². The number of benzene rings is 2. The summed E-state index contributed by atoms with van der Waals surface area (Å²) in [4.78, 5) is 24.6. The average Bonchev–Trinajstić information content (AvgIpc) is 2.60. The fourth-order valence-corrected chi connectivity index (χ4v) is 2.99. The van der Waals surface area contributed by atoms with Crippen molar-refractivity contribution in [3.63, 3.8) is 0 Å². The van der Waals surface area contributed by atoms with E-state index in [0.29, 0.717) is 6.07 Å². The van der Waals surface area contributed by atoms with E-state index in [9.17, 15) is 31.5 Å². The van der Waals surface area contributed by atoms with Crippen LogP contribution in [0.15, 0.2) is 53.7 Å². The number of hydrogen-bond donors (Lipinski definition) is 3. The normalized spacial score (nSPS) is 16.9. The molecule has 1 aliphatic rings. The van der Waals surface area contributed by atoms with Crippen LogP contribution in [0.1, 0.15) is 24.1 Å². The minimum absolute atomic E-state index is 0.0180. The van der Waals surface area contributed by atoms with Gasteiger partial charge in [-0.05, 0) is 25.1 Å². The number of amides is 3. The zero-order chi connectivity index (χ0) is 21.3. The van der Waals surface area contributed by atoms with Crippen molar-refractivity contribution in [2.24, 2.45) is 0 Å². The molecule has 0 saturated carbocycles. The lowest BCUT2D eigenvalue weighted by Crippen LogP contribution is -2.46. The van der Waals surface area contributed by atoms with Crippen molar-refractivity contribution >= 4 is 17.6 Å². The number of urea groups is 1. The molecule has 0 bridgehead atoms. The third kappa shape index (κ3) is 4.20. The van der Waals surface area contributed by atoms with Crippen molar-refractivity contribution in [3.8, 4) is 0 Å². The van der Waals surface area contributed by atoms with Crippen LogP contribution < -0.4 is 16.0 Å². The van der Waals surface area contributed by atoms with E-state index in [0.717, 1.165) is 24.3 Å². The lowest BCUT2D eigenvalue weighted by Gasteiger charge is -2.29. The Hall–Kier alpha value is -3.43. The number of rotatable bonds is 3. The Morgan fingerprint density at radius 1 is 1.10 bits per heavy atom. The number of carbonyl (C=O) groups excluding carboxylic acids is 2. The first kappa shape index (κ1) is 20.3. The Morgan fingerprint density at radius 3 is 2.45 bits per heavy atom. The highest BCUT2D eigenvalue weighted by molar-refractivity contribution is 6.07. The lowest BCUT2D eigenvalue weighted by atomic mass is 9.94. The van der Waals surface area contributed by atoms with Crippen LogP contribution in [-0.2, 0) is 11.0 Å². The Bertz CT molecular complexity index is 1020. The summed E-state index contributed by atoms with van der Waals surface area (Å²) in [6.45, 7) is 1.34. The summed E-state index contributed by atoms with van der Waals surface area (Å²) in [7, 11) is 0. The molecule has 29 heavy (non-hydrogen) atoms. The fourth-order valence-electron chi connectivity index (χ4n) is 2.99. The van der Waals surface area contributed by atoms with Gasteiger partial charge in [-0.15, -0.1) is 0 Å². The van der Waals surface area contributed by atoms with E-state index in [2.05, 4.69) is 16.0 Å². The lowest BCUT2D eigenvalue weighted by molar-refractivity contribution is -0.137. The summed E-state index contributed by atoms with van der Waals surface area (Å²) < 4.78 is 67.0. The van der Waals surface area contributed by atoms with Crippen molar-refractivity contribution in [1.82, 2.24) is 10.6 Å². The van der Waals surface area contributed by atoms with Crippen molar-refractivity contribution in [1.29, 1.82) is 0 Å². The third-order valence-corrected chi connectivity index (χ3v) is 4.27. The van der Waals surface area contributed by atoms with Crippen molar-refractivity contribution in [2.75, 3.05) is 5.32 Å². The zero-order valence-corrected chi connectivity index (χ0v) is 14.8. The van der Waals surface area contributed by atoms with Crippen molar-refractivity contribution in [2.45, 2.75) is 19.1 Å². The largest absolute Gasteiger partial charge is 0.418 e. The van der Waals surface area contributed by atoms with Gasteiger partial charge in [-0.25, -0.2) is 13.6 Å². The predicted molar refractivity (Wildman–Crippen MR) is 93.5 cm³/mol. The van der Waals surface area contributed by atoms with E-state index in [4.69, 9.17) is 0 Å². The maximum Gasteiger partial charge on any atom is 0.418 e. The fraction of sp³-hybridized carbons (Fsp3) is 0.158. The average molecular weight is 411 g/mol. The summed E-state index contributed by atoms with van der Waals surface area (Å²) in [5.41, 5.74) is -1.98. The van der Waals surface area contributed by atoms with Gasteiger partial charge in [-0.3, -0.25) is 4.79 Å². The molecular formula is C19H14F5N3O2. The first-order valence-corrected chi connectivity index (χ1v) is 8.28. The molecular weight excluding hydrogens is 397 g/mol.